The Bertz CT molecular complexity index is 980. The molecule has 0 unspecified atom stereocenters. The number of rotatable bonds is 7. The first-order valence-corrected chi connectivity index (χ1v) is 9.03. The van der Waals surface area contributed by atoms with Gasteiger partial charge in [-0.3, -0.25) is 9.71 Å². The smallest absolute Gasteiger partial charge is 0.222 e. The van der Waals surface area contributed by atoms with Crippen LogP contribution in [0.15, 0.2) is 48.7 Å². The van der Waals surface area contributed by atoms with Gasteiger partial charge in [0, 0.05) is 35.6 Å². The van der Waals surface area contributed by atoms with Gasteiger partial charge in [-0.15, -0.1) is 0 Å². The summed E-state index contributed by atoms with van der Waals surface area (Å²) in [6.07, 6.45) is 1.73. The first kappa shape index (κ1) is 17.8. The largest absolute Gasteiger partial charge is 0.493 e. The van der Waals surface area contributed by atoms with Crippen LogP contribution < -0.4 is 19.5 Å². The lowest BCUT2D eigenvalue weighted by Gasteiger charge is -2.13. The monoisotopic (exact) mass is 373 g/mol. The molecule has 2 aromatic carbocycles. The Labute approximate surface area is 153 Å². The summed E-state index contributed by atoms with van der Waals surface area (Å²) >= 11 is 0. The van der Waals surface area contributed by atoms with Crippen LogP contribution in [0.3, 0.4) is 0 Å². The molecule has 3 aromatic rings. The van der Waals surface area contributed by atoms with Crippen molar-refractivity contribution >= 4 is 33.2 Å². The van der Waals surface area contributed by atoms with Gasteiger partial charge < -0.3 is 14.8 Å². The number of fused-ring (bicyclic) bond motifs is 1. The maximum absolute atomic E-state index is 10.7. The summed E-state index contributed by atoms with van der Waals surface area (Å²) in [5, 5.41) is 4.30. The quantitative estimate of drug-likeness (QED) is 0.552. The summed E-state index contributed by atoms with van der Waals surface area (Å²) in [5.41, 5.74) is 3.27. The van der Waals surface area contributed by atoms with E-state index in [9.17, 15) is 8.42 Å². The number of methoxy groups -OCH3 is 2. The summed E-state index contributed by atoms with van der Waals surface area (Å²) in [5.74, 6) is 1.27. The first-order valence-electron chi connectivity index (χ1n) is 7.85. The fourth-order valence-corrected chi connectivity index (χ4v) is 2.99. The number of ether oxygens (including phenoxy) is 2. The van der Waals surface area contributed by atoms with E-state index in [0.717, 1.165) is 22.2 Å². The zero-order valence-corrected chi connectivity index (χ0v) is 15.2. The minimum Gasteiger partial charge on any atom is -0.493 e. The van der Waals surface area contributed by atoms with Crippen molar-refractivity contribution in [1.29, 1.82) is 0 Å². The van der Waals surface area contributed by atoms with Gasteiger partial charge in [-0.1, -0.05) is 12.1 Å². The number of hydrogen-bond donors (Lipinski definition) is 3. The second kappa shape index (κ2) is 7.92. The summed E-state index contributed by atoms with van der Waals surface area (Å²) in [6, 6.07) is 12.8. The number of pyridine rings is 1. The minimum absolute atomic E-state index is 0.538. The topological polar surface area (TPSA) is 89.5 Å². The number of benzene rings is 2. The molecule has 0 atom stereocenters. The van der Waals surface area contributed by atoms with Gasteiger partial charge in [-0.25, -0.2) is 8.42 Å². The van der Waals surface area contributed by atoms with Crippen LogP contribution in [0.25, 0.3) is 10.9 Å². The molecule has 3 rings (SSSR count). The van der Waals surface area contributed by atoms with E-state index >= 15 is 0 Å². The Morgan fingerprint density at radius 2 is 1.69 bits per heavy atom. The van der Waals surface area contributed by atoms with E-state index in [0.29, 0.717) is 23.7 Å². The van der Waals surface area contributed by atoms with E-state index in [2.05, 4.69) is 15.0 Å². The maximum Gasteiger partial charge on any atom is 0.222 e. The highest BCUT2D eigenvalue weighted by atomic mass is 32.2. The van der Waals surface area contributed by atoms with Gasteiger partial charge in [0.25, 0.3) is 0 Å². The van der Waals surface area contributed by atoms with Crippen molar-refractivity contribution in [3.63, 3.8) is 0 Å². The van der Waals surface area contributed by atoms with Gasteiger partial charge >= 0.3 is 0 Å². The fourth-order valence-electron chi connectivity index (χ4n) is 2.63. The Morgan fingerprint density at radius 3 is 2.35 bits per heavy atom. The average molecular weight is 373 g/mol. The minimum atomic E-state index is -2.65. The van der Waals surface area contributed by atoms with Gasteiger partial charge in [-0.05, 0) is 29.8 Å². The van der Waals surface area contributed by atoms with E-state index in [1.807, 2.05) is 30.3 Å². The fraction of sp³-hybridized carbons (Fsp3) is 0.167. The van der Waals surface area contributed by atoms with E-state index in [1.54, 1.807) is 32.5 Å². The lowest BCUT2D eigenvalue weighted by atomic mass is 10.1. The third-order valence-corrected chi connectivity index (χ3v) is 4.34. The molecule has 0 amide bonds. The predicted molar refractivity (Wildman–Crippen MR) is 103 cm³/mol. The molecule has 0 aliphatic carbocycles. The Balaban J connectivity index is 1.82. The van der Waals surface area contributed by atoms with Crippen LogP contribution in [0.2, 0.25) is 0 Å². The van der Waals surface area contributed by atoms with Crippen molar-refractivity contribution in [1.82, 2.24) is 4.98 Å². The SMILES string of the molecule is COc1cc2nccc(NCc3ccc(N[SH](=O)=O)cc3)c2cc1OC. The van der Waals surface area contributed by atoms with Crippen LogP contribution in [-0.4, -0.2) is 27.6 Å². The molecule has 7 nitrogen and oxygen atoms in total. The Morgan fingerprint density at radius 1 is 1.00 bits per heavy atom. The van der Waals surface area contributed by atoms with Gasteiger partial charge in [0.1, 0.15) is 0 Å². The summed E-state index contributed by atoms with van der Waals surface area (Å²) in [7, 11) is 0.532. The number of anilines is 2. The van der Waals surface area contributed by atoms with Crippen LogP contribution in [0, 0.1) is 0 Å². The molecule has 2 N–H and O–H groups in total. The van der Waals surface area contributed by atoms with Crippen LogP contribution in [0.5, 0.6) is 11.5 Å². The van der Waals surface area contributed by atoms with Crippen LogP contribution in [-0.2, 0) is 17.4 Å². The molecule has 136 valence electrons. The zero-order chi connectivity index (χ0) is 18.5. The highest BCUT2D eigenvalue weighted by Gasteiger charge is 2.09. The van der Waals surface area contributed by atoms with Crippen LogP contribution in [0.4, 0.5) is 11.4 Å². The van der Waals surface area contributed by atoms with E-state index in [-0.39, 0.29) is 0 Å². The lowest BCUT2D eigenvalue weighted by Crippen LogP contribution is -2.01. The molecule has 0 saturated carbocycles. The number of thiol groups is 1. The van der Waals surface area contributed by atoms with E-state index in [4.69, 9.17) is 9.47 Å². The van der Waals surface area contributed by atoms with Crippen molar-refractivity contribution in [3.05, 3.63) is 54.2 Å². The van der Waals surface area contributed by atoms with Crippen LogP contribution >= 0.6 is 0 Å². The molecule has 0 spiro atoms. The van der Waals surface area contributed by atoms with Crippen molar-refractivity contribution in [3.8, 4) is 11.5 Å². The molecule has 1 heterocycles. The molecule has 0 aliphatic heterocycles. The van der Waals surface area contributed by atoms with Gasteiger partial charge in [-0.2, -0.15) is 0 Å². The predicted octanol–water partition coefficient (Wildman–Crippen LogP) is 2.80. The highest BCUT2D eigenvalue weighted by Crippen LogP contribution is 2.34. The molecule has 0 saturated heterocycles. The summed E-state index contributed by atoms with van der Waals surface area (Å²) in [6.45, 7) is 0.581. The molecule has 26 heavy (non-hydrogen) atoms. The number of hydrogen-bond acceptors (Lipinski definition) is 6. The molecule has 8 heteroatoms. The maximum atomic E-state index is 10.7. The first-order chi connectivity index (χ1) is 12.6. The Hall–Kier alpha value is -3.00. The highest BCUT2D eigenvalue weighted by molar-refractivity contribution is 7.73. The standard InChI is InChI=1S/C18H19N3O4S/c1-24-17-9-14-15(7-8-19-16(14)10-18(17)25-2)20-11-12-3-5-13(6-4-12)21-26(22)23/h3-10,26H,11H2,1-2H3,(H,19,20)(H,21,22,23). The summed E-state index contributed by atoms with van der Waals surface area (Å²) in [4.78, 5) is 4.38. The molecule has 1 aromatic heterocycles. The zero-order valence-electron chi connectivity index (χ0n) is 14.4. The van der Waals surface area contributed by atoms with E-state index < -0.39 is 10.9 Å². The van der Waals surface area contributed by atoms with Crippen LogP contribution in [0.1, 0.15) is 5.56 Å². The molecular weight excluding hydrogens is 354 g/mol. The Kier molecular flexibility index (Phi) is 5.43. The molecule has 0 bridgehead atoms. The van der Waals surface area contributed by atoms with Gasteiger partial charge in [0.2, 0.25) is 10.9 Å². The van der Waals surface area contributed by atoms with Crippen molar-refractivity contribution in [2.45, 2.75) is 6.54 Å². The summed E-state index contributed by atoms with van der Waals surface area (Å²) < 4.78 is 34.4. The van der Waals surface area contributed by atoms with Gasteiger partial charge in [0.05, 0.1) is 19.7 Å². The lowest BCUT2D eigenvalue weighted by molar-refractivity contribution is 0.356. The second-order valence-electron chi connectivity index (χ2n) is 5.50. The molecular formula is C18H19N3O4S. The van der Waals surface area contributed by atoms with Crippen molar-refractivity contribution in [2.75, 3.05) is 24.3 Å². The molecule has 0 aliphatic rings. The van der Waals surface area contributed by atoms with Gasteiger partial charge in [0.15, 0.2) is 11.5 Å². The number of nitrogens with zero attached hydrogens (tertiary/aromatic N) is 1. The molecule has 0 fully saturated rings. The average Bonchev–Trinajstić information content (AvgIpc) is 2.65. The third kappa shape index (κ3) is 3.97. The van der Waals surface area contributed by atoms with E-state index in [1.165, 1.54) is 0 Å². The van der Waals surface area contributed by atoms with Crippen molar-refractivity contribution in [2.24, 2.45) is 0 Å². The number of aromatic nitrogens is 1. The van der Waals surface area contributed by atoms with Crippen molar-refractivity contribution < 1.29 is 17.9 Å². The number of nitrogens with one attached hydrogen (secondary N) is 2. The second-order valence-corrected chi connectivity index (χ2v) is 6.24. The normalized spacial score (nSPS) is 10.7. The third-order valence-electron chi connectivity index (χ3n) is 3.90. The molecule has 0 radical (unpaired) electrons.